The summed E-state index contributed by atoms with van der Waals surface area (Å²) in [5.74, 6) is -1.80. The average molecular weight is 545 g/mol. The molecule has 2 atom stereocenters. The van der Waals surface area contributed by atoms with Gasteiger partial charge < -0.3 is 29.7 Å². The third kappa shape index (κ3) is 6.87. The lowest BCUT2D eigenvalue weighted by Gasteiger charge is -2.40. The van der Waals surface area contributed by atoms with E-state index in [1.165, 1.54) is 0 Å². The third-order valence-corrected chi connectivity index (χ3v) is 7.41. The number of likely N-dealkylation sites (tertiary alicyclic amines) is 2. The third-order valence-electron chi connectivity index (χ3n) is 7.41. The molecule has 3 aliphatic heterocycles. The van der Waals surface area contributed by atoms with Crippen LogP contribution in [0.3, 0.4) is 0 Å². The number of hydrogen-bond donors (Lipinski definition) is 2. The van der Waals surface area contributed by atoms with Crippen molar-refractivity contribution >= 4 is 23.6 Å². The number of nitrogens with zero attached hydrogens (tertiary/aromatic N) is 3. The standard InChI is InChI=1S/C23H34N4O4.C2HF3O2/c1-3-25-11-8-23(21(28)26-13-15-31-16-14-26)9-12-27(10-7-20(23)25)22(29)24-18-5-4-6-19(17-18)30-2;3-2(4,5)1(6)7/h4-6,17,20H,3,7-16H2,1-2H3,(H,24,29);(H,6,7)/t20-,23-;/m1./s1. The van der Waals surface area contributed by atoms with Gasteiger partial charge in [0.1, 0.15) is 5.75 Å². The first-order chi connectivity index (χ1) is 18.0. The summed E-state index contributed by atoms with van der Waals surface area (Å²) in [5.41, 5.74) is 0.307. The van der Waals surface area contributed by atoms with E-state index in [4.69, 9.17) is 19.4 Å². The first kappa shape index (κ1) is 29.5. The molecule has 13 heteroatoms. The van der Waals surface area contributed by atoms with Crippen LogP contribution >= 0.6 is 0 Å². The second-order valence-electron chi connectivity index (χ2n) is 9.45. The van der Waals surface area contributed by atoms with Crippen LogP contribution in [-0.4, -0.2) is 110 Å². The van der Waals surface area contributed by atoms with Crippen molar-refractivity contribution in [2.24, 2.45) is 5.41 Å². The van der Waals surface area contributed by atoms with Crippen molar-refractivity contribution in [2.45, 2.75) is 38.4 Å². The average Bonchev–Trinajstić information content (AvgIpc) is 3.15. The van der Waals surface area contributed by atoms with Crippen molar-refractivity contribution in [1.29, 1.82) is 0 Å². The van der Waals surface area contributed by atoms with Crippen LogP contribution < -0.4 is 10.1 Å². The fourth-order valence-electron chi connectivity index (χ4n) is 5.41. The molecule has 0 unspecified atom stereocenters. The Morgan fingerprint density at radius 1 is 1.11 bits per heavy atom. The molecule has 212 valence electrons. The number of amides is 3. The van der Waals surface area contributed by atoms with E-state index in [1.807, 2.05) is 34.1 Å². The van der Waals surface area contributed by atoms with Crippen molar-refractivity contribution in [3.8, 4) is 5.75 Å². The van der Waals surface area contributed by atoms with E-state index in [0.29, 0.717) is 57.3 Å². The lowest BCUT2D eigenvalue weighted by Crippen LogP contribution is -2.53. The van der Waals surface area contributed by atoms with E-state index in [0.717, 1.165) is 25.9 Å². The first-order valence-corrected chi connectivity index (χ1v) is 12.6. The molecule has 0 bridgehead atoms. The minimum absolute atomic E-state index is 0.120. The second-order valence-corrected chi connectivity index (χ2v) is 9.45. The fourth-order valence-corrected chi connectivity index (χ4v) is 5.41. The maximum absolute atomic E-state index is 13.7. The van der Waals surface area contributed by atoms with Crippen LogP contribution in [0.4, 0.5) is 23.7 Å². The van der Waals surface area contributed by atoms with Gasteiger partial charge in [0.2, 0.25) is 5.91 Å². The van der Waals surface area contributed by atoms with Crippen molar-refractivity contribution in [1.82, 2.24) is 14.7 Å². The van der Waals surface area contributed by atoms with Crippen molar-refractivity contribution in [2.75, 3.05) is 64.9 Å². The number of carboxylic acid groups (broad SMARTS) is 1. The van der Waals surface area contributed by atoms with Gasteiger partial charge in [-0.3, -0.25) is 9.69 Å². The van der Waals surface area contributed by atoms with Gasteiger partial charge in [-0.1, -0.05) is 13.0 Å². The number of halogens is 3. The molecular weight excluding hydrogens is 509 g/mol. The number of fused-ring (bicyclic) bond motifs is 1. The Morgan fingerprint density at radius 2 is 1.76 bits per heavy atom. The molecule has 3 aliphatic rings. The molecular formula is C25H35F3N4O6. The number of carboxylic acids is 1. The summed E-state index contributed by atoms with van der Waals surface area (Å²) in [6.07, 6.45) is -2.70. The van der Waals surface area contributed by atoms with Crippen LogP contribution in [0.25, 0.3) is 0 Å². The molecule has 0 radical (unpaired) electrons. The molecule has 4 rings (SSSR count). The molecule has 3 saturated heterocycles. The van der Waals surface area contributed by atoms with Crippen LogP contribution in [0.2, 0.25) is 0 Å². The molecule has 0 spiro atoms. The predicted octanol–water partition coefficient (Wildman–Crippen LogP) is 2.90. The monoisotopic (exact) mass is 544 g/mol. The molecule has 2 N–H and O–H groups in total. The van der Waals surface area contributed by atoms with Crippen LogP contribution in [0.15, 0.2) is 24.3 Å². The van der Waals surface area contributed by atoms with Gasteiger partial charge in [-0.15, -0.1) is 0 Å². The summed E-state index contributed by atoms with van der Waals surface area (Å²) >= 11 is 0. The molecule has 0 aliphatic carbocycles. The van der Waals surface area contributed by atoms with Crippen LogP contribution in [0.1, 0.15) is 26.2 Å². The van der Waals surface area contributed by atoms with Gasteiger partial charge in [0.15, 0.2) is 0 Å². The van der Waals surface area contributed by atoms with Crippen LogP contribution in [-0.2, 0) is 14.3 Å². The van der Waals surface area contributed by atoms with E-state index in [1.54, 1.807) is 7.11 Å². The Hall–Kier alpha value is -3.06. The number of urea groups is 1. The lowest BCUT2D eigenvalue weighted by molar-refractivity contribution is -0.192. The summed E-state index contributed by atoms with van der Waals surface area (Å²) in [6, 6.07) is 7.44. The smallest absolute Gasteiger partial charge is 0.490 e. The van der Waals surface area contributed by atoms with Crippen LogP contribution in [0, 0.1) is 5.41 Å². The number of alkyl halides is 3. The Balaban J connectivity index is 0.000000505. The van der Waals surface area contributed by atoms with Gasteiger partial charge in [-0.25, -0.2) is 9.59 Å². The Bertz CT molecular complexity index is 988. The molecule has 38 heavy (non-hydrogen) atoms. The Labute approximate surface area is 219 Å². The highest BCUT2D eigenvalue weighted by Gasteiger charge is 2.54. The van der Waals surface area contributed by atoms with E-state index >= 15 is 0 Å². The molecule has 3 amide bonds. The molecule has 1 aromatic carbocycles. The topological polar surface area (TPSA) is 112 Å². The minimum Gasteiger partial charge on any atom is -0.497 e. The highest BCUT2D eigenvalue weighted by Crippen LogP contribution is 2.45. The normalized spacial score (nSPS) is 24.0. The van der Waals surface area contributed by atoms with E-state index in [-0.39, 0.29) is 18.0 Å². The first-order valence-electron chi connectivity index (χ1n) is 12.6. The van der Waals surface area contributed by atoms with Gasteiger partial charge in [0.05, 0.1) is 25.7 Å². The number of ether oxygens (including phenoxy) is 2. The number of aliphatic carboxylic acids is 1. The maximum atomic E-state index is 13.7. The summed E-state index contributed by atoms with van der Waals surface area (Å²) in [7, 11) is 1.61. The molecule has 0 aromatic heterocycles. The minimum atomic E-state index is -5.08. The number of carbonyl (C=O) groups is 3. The van der Waals surface area contributed by atoms with Gasteiger partial charge >= 0.3 is 18.2 Å². The molecule has 3 fully saturated rings. The number of rotatable bonds is 4. The number of hydrogen-bond acceptors (Lipinski definition) is 6. The maximum Gasteiger partial charge on any atom is 0.490 e. The van der Waals surface area contributed by atoms with Crippen molar-refractivity contribution in [3.63, 3.8) is 0 Å². The quantitative estimate of drug-likeness (QED) is 0.600. The summed E-state index contributed by atoms with van der Waals surface area (Å²) in [6.45, 7) is 7.82. The SMILES string of the molecule is CCN1CC[C@@]2(C(=O)N3CCOCC3)CCN(C(=O)Nc3cccc(OC)c3)CC[C@@H]12.O=C(O)C(F)(F)F. The lowest BCUT2D eigenvalue weighted by atomic mass is 9.75. The Morgan fingerprint density at radius 3 is 2.37 bits per heavy atom. The van der Waals surface area contributed by atoms with E-state index < -0.39 is 17.6 Å². The number of carbonyl (C=O) groups excluding carboxylic acids is 2. The van der Waals surface area contributed by atoms with Crippen molar-refractivity contribution < 1.29 is 42.1 Å². The number of nitrogens with one attached hydrogen (secondary N) is 1. The summed E-state index contributed by atoms with van der Waals surface area (Å²) < 4.78 is 42.4. The van der Waals surface area contributed by atoms with Gasteiger partial charge in [-0.2, -0.15) is 13.2 Å². The summed E-state index contributed by atoms with van der Waals surface area (Å²) in [4.78, 5) is 41.9. The molecule has 10 nitrogen and oxygen atoms in total. The number of anilines is 1. The highest BCUT2D eigenvalue weighted by molar-refractivity contribution is 5.90. The highest BCUT2D eigenvalue weighted by atomic mass is 19.4. The van der Waals surface area contributed by atoms with Crippen molar-refractivity contribution in [3.05, 3.63) is 24.3 Å². The molecule has 1 aromatic rings. The number of methoxy groups -OCH3 is 1. The van der Waals surface area contributed by atoms with Crippen LogP contribution in [0.5, 0.6) is 5.75 Å². The number of morpholine rings is 1. The zero-order valence-corrected chi connectivity index (χ0v) is 21.6. The van der Waals surface area contributed by atoms with Gasteiger partial charge in [-0.05, 0) is 44.5 Å². The van der Waals surface area contributed by atoms with E-state index in [2.05, 4.69) is 17.1 Å². The zero-order chi connectivity index (χ0) is 27.9. The van der Waals surface area contributed by atoms with E-state index in [9.17, 15) is 22.8 Å². The molecule has 0 saturated carbocycles. The second kappa shape index (κ2) is 12.7. The summed E-state index contributed by atoms with van der Waals surface area (Å²) in [5, 5.41) is 10.1. The zero-order valence-electron chi connectivity index (χ0n) is 21.6. The number of benzene rings is 1. The Kier molecular flexibility index (Phi) is 9.82. The molecule has 3 heterocycles. The van der Waals surface area contributed by atoms with Gasteiger partial charge in [0, 0.05) is 44.0 Å². The fraction of sp³-hybridized carbons (Fsp3) is 0.640. The predicted molar refractivity (Wildman–Crippen MR) is 132 cm³/mol. The largest absolute Gasteiger partial charge is 0.497 e. The van der Waals surface area contributed by atoms with Gasteiger partial charge in [0.25, 0.3) is 0 Å².